The van der Waals surface area contributed by atoms with Crippen molar-refractivity contribution in [3.05, 3.63) is 30.1 Å². The largest absolute Gasteiger partial charge is 0.315 e. The maximum Gasteiger partial charge on any atom is 0.0271 e. The Morgan fingerprint density at radius 2 is 1.78 bits per heavy atom. The molecule has 1 aromatic heterocycles. The molecule has 0 saturated heterocycles. The smallest absolute Gasteiger partial charge is 0.0271 e. The lowest BCUT2D eigenvalue weighted by atomic mass is 10.2. The lowest BCUT2D eigenvalue weighted by Gasteiger charge is -2.17. The zero-order valence-corrected chi connectivity index (χ0v) is 11.9. The third-order valence-corrected chi connectivity index (χ3v) is 2.83. The highest BCUT2D eigenvalue weighted by molar-refractivity contribution is 5.09. The quantitative estimate of drug-likeness (QED) is 0.664. The van der Waals surface area contributed by atoms with Gasteiger partial charge in [0.15, 0.2) is 0 Å². The van der Waals surface area contributed by atoms with Crippen molar-refractivity contribution in [3.63, 3.8) is 0 Å². The zero-order chi connectivity index (χ0) is 13.2. The maximum absolute atomic E-state index is 4.03. The number of hydrogen-bond acceptors (Lipinski definition) is 4. The van der Waals surface area contributed by atoms with E-state index in [1.165, 1.54) is 12.0 Å². The van der Waals surface area contributed by atoms with Gasteiger partial charge in [0.1, 0.15) is 0 Å². The summed E-state index contributed by atoms with van der Waals surface area (Å²) < 4.78 is 0. The molecule has 4 nitrogen and oxygen atoms in total. The van der Waals surface area contributed by atoms with Crippen LogP contribution in [-0.4, -0.2) is 62.1 Å². The van der Waals surface area contributed by atoms with Crippen LogP contribution in [0.4, 0.5) is 0 Å². The van der Waals surface area contributed by atoms with Crippen LogP contribution in [0, 0.1) is 0 Å². The van der Waals surface area contributed by atoms with E-state index in [4.69, 9.17) is 0 Å². The van der Waals surface area contributed by atoms with E-state index >= 15 is 0 Å². The molecular weight excluding hydrogens is 224 g/mol. The highest BCUT2D eigenvalue weighted by Gasteiger charge is 1.99. The zero-order valence-electron chi connectivity index (χ0n) is 11.9. The van der Waals surface area contributed by atoms with Gasteiger partial charge in [0.05, 0.1) is 0 Å². The van der Waals surface area contributed by atoms with E-state index in [0.717, 1.165) is 32.7 Å². The highest BCUT2D eigenvalue weighted by atomic mass is 15.1. The van der Waals surface area contributed by atoms with Gasteiger partial charge in [0.25, 0.3) is 0 Å². The number of rotatable bonds is 9. The van der Waals surface area contributed by atoms with Gasteiger partial charge >= 0.3 is 0 Å². The number of nitrogens with one attached hydrogen (secondary N) is 1. The monoisotopic (exact) mass is 250 g/mol. The Labute approximate surface area is 111 Å². The molecule has 0 radical (unpaired) electrons. The van der Waals surface area contributed by atoms with Gasteiger partial charge in [-0.2, -0.15) is 0 Å². The molecule has 1 rings (SSSR count). The third-order valence-electron chi connectivity index (χ3n) is 2.83. The van der Waals surface area contributed by atoms with Gasteiger partial charge in [-0.15, -0.1) is 0 Å². The van der Waals surface area contributed by atoms with Crippen molar-refractivity contribution < 1.29 is 0 Å². The van der Waals surface area contributed by atoms with E-state index < -0.39 is 0 Å². The van der Waals surface area contributed by atoms with Gasteiger partial charge in [-0.05, 0) is 58.3 Å². The van der Waals surface area contributed by atoms with Gasteiger partial charge in [-0.25, -0.2) is 0 Å². The first-order valence-electron chi connectivity index (χ1n) is 6.61. The van der Waals surface area contributed by atoms with Gasteiger partial charge in [-0.3, -0.25) is 4.98 Å². The van der Waals surface area contributed by atoms with E-state index in [2.05, 4.69) is 53.4 Å². The van der Waals surface area contributed by atoms with Crippen LogP contribution < -0.4 is 5.32 Å². The Morgan fingerprint density at radius 1 is 1.06 bits per heavy atom. The third kappa shape index (κ3) is 7.37. The summed E-state index contributed by atoms with van der Waals surface area (Å²) in [6.45, 7) is 5.36. The Morgan fingerprint density at radius 3 is 2.44 bits per heavy atom. The lowest BCUT2D eigenvalue weighted by Crippen LogP contribution is -2.30. The molecule has 0 saturated carbocycles. The van der Waals surface area contributed by atoms with Gasteiger partial charge < -0.3 is 15.1 Å². The normalized spacial score (nSPS) is 11.4. The second-order valence-electron chi connectivity index (χ2n) is 5.00. The van der Waals surface area contributed by atoms with Crippen molar-refractivity contribution in [2.24, 2.45) is 0 Å². The fourth-order valence-electron chi connectivity index (χ4n) is 1.79. The number of pyridine rings is 1. The van der Waals surface area contributed by atoms with Crippen molar-refractivity contribution in [1.82, 2.24) is 20.1 Å². The van der Waals surface area contributed by atoms with Crippen LogP contribution in [-0.2, 0) is 6.54 Å². The number of likely N-dealkylation sites (N-methyl/N-ethyl adjacent to an activating group) is 1. The van der Waals surface area contributed by atoms with E-state index in [9.17, 15) is 0 Å². The molecule has 0 fully saturated rings. The van der Waals surface area contributed by atoms with Crippen molar-refractivity contribution in [3.8, 4) is 0 Å². The van der Waals surface area contributed by atoms with E-state index in [1.54, 1.807) is 0 Å². The van der Waals surface area contributed by atoms with Crippen LogP contribution >= 0.6 is 0 Å². The van der Waals surface area contributed by atoms with Crippen LogP contribution in [0.25, 0.3) is 0 Å². The summed E-state index contributed by atoms with van der Waals surface area (Å²) >= 11 is 0. The number of aromatic nitrogens is 1. The van der Waals surface area contributed by atoms with E-state index in [0.29, 0.717) is 0 Å². The molecule has 1 aromatic rings. The first kappa shape index (κ1) is 15.1. The fraction of sp³-hybridized carbons (Fsp3) is 0.643. The van der Waals surface area contributed by atoms with Gasteiger partial charge in [0, 0.05) is 32.0 Å². The Kier molecular flexibility index (Phi) is 7.57. The van der Waals surface area contributed by atoms with Crippen molar-refractivity contribution in [1.29, 1.82) is 0 Å². The first-order chi connectivity index (χ1) is 8.68. The summed E-state index contributed by atoms with van der Waals surface area (Å²) in [5.74, 6) is 0. The summed E-state index contributed by atoms with van der Waals surface area (Å²) in [6, 6.07) is 4.14. The molecule has 0 spiro atoms. The minimum absolute atomic E-state index is 0.988. The molecule has 0 bridgehead atoms. The fourth-order valence-corrected chi connectivity index (χ4v) is 1.79. The average Bonchev–Trinajstić information content (AvgIpc) is 2.34. The average molecular weight is 250 g/mol. The molecule has 0 aromatic carbocycles. The molecule has 1 N–H and O–H groups in total. The molecule has 102 valence electrons. The van der Waals surface area contributed by atoms with Crippen LogP contribution in [0.5, 0.6) is 0 Å². The second-order valence-corrected chi connectivity index (χ2v) is 5.00. The predicted molar refractivity (Wildman–Crippen MR) is 76.6 cm³/mol. The maximum atomic E-state index is 4.03. The molecular formula is C14H26N4. The Hall–Kier alpha value is -0.970. The molecule has 0 aliphatic heterocycles. The summed E-state index contributed by atoms with van der Waals surface area (Å²) in [4.78, 5) is 8.58. The van der Waals surface area contributed by atoms with Gasteiger partial charge in [-0.1, -0.05) is 0 Å². The first-order valence-corrected chi connectivity index (χ1v) is 6.61. The van der Waals surface area contributed by atoms with Crippen LogP contribution in [0.1, 0.15) is 12.0 Å². The topological polar surface area (TPSA) is 31.4 Å². The molecule has 0 atom stereocenters. The van der Waals surface area contributed by atoms with Crippen molar-refractivity contribution >= 4 is 0 Å². The lowest BCUT2D eigenvalue weighted by molar-refractivity contribution is 0.321. The predicted octanol–water partition coefficient (Wildman–Crippen LogP) is 1.05. The molecule has 1 heterocycles. The summed E-state index contributed by atoms with van der Waals surface area (Å²) in [5, 5.41) is 3.48. The summed E-state index contributed by atoms with van der Waals surface area (Å²) in [5.41, 5.74) is 1.32. The highest BCUT2D eigenvalue weighted by Crippen LogP contribution is 1.99. The second kappa shape index (κ2) is 9.03. The minimum atomic E-state index is 0.988. The molecule has 0 unspecified atom stereocenters. The summed E-state index contributed by atoms with van der Waals surface area (Å²) in [7, 11) is 6.38. The van der Waals surface area contributed by atoms with Crippen molar-refractivity contribution in [2.45, 2.75) is 13.0 Å². The minimum Gasteiger partial charge on any atom is -0.315 e. The van der Waals surface area contributed by atoms with E-state index in [1.807, 2.05) is 12.4 Å². The van der Waals surface area contributed by atoms with Crippen LogP contribution in [0.2, 0.25) is 0 Å². The van der Waals surface area contributed by atoms with Gasteiger partial charge in [0.2, 0.25) is 0 Å². The van der Waals surface area contributed by atoms with Crippen molar-refractivity contribution in [2.75, 3.05) is 47.3 Å². The molecule has 0 aliphatic rings. The van der Waals surface area contributed by atoms with Crippen LogP contribution in [0.15, 0.2) is 24.5 Å². The number of hydrogen-bond donors (Lipinski definition) is 1. The molecule has 18 heavy (non-hydrogen) atoms. The molecule has 4 heteroatoms. The summed E-state index contributed by atoms with van der Waals surface area (Å²) in [6.07, 6.45) is 4.91. The molecule has 0 amide bonds. The Balaban J connectivity index is 2.02. The molecule has 0 aliphatic carbocycles. The number of nitrogens with zero attached hydrogens (tertiary/aromatic N) is 3. The van der Waals surface area contributed by atoms with Crippen LogP contribution in [0.3, 0.4) is 0 Å². The van der Waals surface area contributed by atoms with E-state index in [-0.39, 0.29) is 0 Å². The standard InChI is InChI=1S/C14H26N4/c1-17(2)11-4-7-15-10-12-18(3)13-14-5-8-16-9-6-14/h5-6,8-9,15H,4,7,10-13H2,1-3H3. The SMILES string of the molecule is CN(C)CCCNCCN(C)Cc1ccncc1. The Bertz CT molecular complexity index is 300.